The highest BCUT2D eigenvalue weighted by atomic mass is 19.1. The molecular weight excluding hydrogens is 393 g/mol. The molecule has 6 heteroatoms. The van der Waals surface area contributed by atoms with Crippen LogP contribution in [0, 0.1) is 5.82 Å². The van der Waals surface area contributed by atoms with Gasteiger partial charge < -0.3 is 4.90 Å². The van der Waals surface area contributed by atoms with Crippen LogP contribution in [0.3, 0.4) is 0 Å². The van der Waals surface area contributed by atoms with Crippen LogP contribution in [-0.4, -0.2) is 26.9 Å². The lowest BCUT2D eigenvalue weighted by Crippen LogP contribution is -2.41. The maximum absolute atomic E-state index is 13.6. The largest absolute Gasteiger partial charge is 0.336 e. The number of benzene rings is 3. The third-order valence-electron chi connectivity index (χ3n) is 5.84. The molecule has 1 amide bonds. The van der Waals surface area contributed by atoms with Crippen molar-refractivity contribution in [1.82, 2.24) is 14.5 Å². The van der Waals surface area contributed by atoms with E-state index in [1.165, 1.54) is 28.6 Å². The summed E-state index contributed by atoms with van der Waals surface area (Å²) in [5.74, 6) is -0.612. The van der Waals surface area contributed by atoms with E-state index in [0.717, 1.165) is 17.2 Å². The molecule has 0 saturated heterocycles. The zero-order valence-corrected chi connectivity index (χ0v) is 16.7. The van der Waals surface area contributed by atoms with Crippen LogP contribution in [0.15, 0.2) is 83.9 Å². The van der Waals surface area contributed by atoms with Gasteiger partial charge in [0.25, 0.3) is 5.56 Å². The quantitative estimate of drug-likeness (QED) is 0.515. The number of amides is 1. The minimum Gasteiger partial charge on any atom is -0.336 e. The number of carbonyl (C=O) groups is 1. The van der Waals surface area contributed by atoms with Gasteiger partial charge in [0.15, 0.2) is 0 Å². The Hall–Kier alpha value is -3.80. The van der Waals surface area contributed by atoms with Gasteiger partial charge in [0, 0.05) is 19.0 Å². The number of halogens is 1. The van der Waals surface area contributed by atoms with E-state index in [4.69, 9.17) is 0 Å². The third-order valence-corrected chi connectivity index (χ3v) is 5.84. The van der Waals surface area contributed by atoms with Crippen molar-refractivity contribution in [3.63, 3.8) is 0 Å². The second kappa shape index (κ2) is 7.80. The lowest BCUT2D eigenvalue weighted by atomic mass is 9.84. The number of fused-ring (bicyclic) bond motifs is 2. The van der Waals surface area contributed by atoms with Crippen LogP contribution in [-0.2, 0) is 17.9 Å². The van der Waals surface area contributed by atoms with Crippen molar-refractivity contribution >= 4 is 16.8 Å². The molecule has 0 spiro atoms. The van der Waals surface area contributed by atoms with Gasteiger partial charge in [0.1, 0.15) is 12.4 Å². The van der Waals surface area contributed by atoms with Crippen molar-refractivity contribution < 1.29 is 9.18 Å². The number of carbonyl (C=O) groups excluding carboxylic acids is 1. The summed E-state index contributed by atoms with van der Waals surface area (Å²) in [6.07, 6.45) is 1.35. The molecule has 1 aliphatic rings. The summed E-state index contributed by atoms with van der Waals surface area (Å²) < 4.78 is 14.8. The Morgan fingerprint density at radius 3 is 2.65 bits per heavy atom. The minimum absolute atomic E-state index is 0.0654. The summed E-state index contributed by atoms with van der Waals surface area (Å²) in [6, 6.07) is 22.1. The van der Waals surface area contributed by atoms with Crippen molar-refractivity contribution in [3.8, 4) is 0 Å². The first-order valence-corrected chi connectivity index (χ1v) is 10.2. The predicted molar refractivity (Wildman–Crippen MR) is 116 cm³/mol. The second-order valence-electron chi connectivity index (χ2n) is 7.78. The highest BCUT2D eigenvalue weighted by Crippen LogP contribution is 2.33. The first-order chi connectivity index (χ1) is 15.1. The molecule has 31 heavy (non-hydrogen) atoms. The number of aromatic nitrogens is 2. The molecule has 154 valence electrons. The van der Waals surface area contributed by atoms with Crippen LogP contribution in [0.1, 0.15) is 22.6 Å². The molecule has 3 aromatic carbocycles. The Morgan fingerprint density at radius 1 is 1.03 bits per heavy atom. The minimum atomic E-state index is -0.506. The average molecular weight is 413 g/mol. The van der Waals surface area contributed by atoms with Crippen LogP contribution in [0.5, 0.6) is 0 Å². The molecule has 0 radical (unpaired) electrons. The van der Waals surface area contributed by atoms with Crippen LogP contribution < -0.4 is 5.56 Å². The van der Waals surface area contributed by atoms with Crippen molar-refractivity contribution in [2.45, 2.75) is 19.0 Å². The Balaban J connectivity index is 1.46. The van der Waals surface area contributed by atoms with E-state index in [1.54, 1.807) is 4.90 Å². The smallest absolute Gasteiger partial charge is 0.261 e. The fraction of sp³-hybridized carbons (Fsp3) is 0.160. The third kappa shape index (κ3) is 3.61. The van der Waals surface area contributed by atoms with Gasteiger partial charge >= 0.3 is 0 Å². The van der Waals surface area contributed by atoms with E-state index in [2.05, 4.69) is 23.2 Å². The van der Waals surface area contributed by atoms with Crippen molar-refractivity contribution in [2.24, 2.45) is 0 Å². The van der Waals surface area contributed by atoms with E-state index >= 15 is 0 Å². The molecule has 4 aromatic rings. The summed E-state index contributed by atoms with van der Waals surface area (Å²) in [6.45, 7) is 0.884. The maximum Gasteiger partial charge on any atom is 0.261 e. The normalized spacial score (nSPS) is 15.6. The summed E-state index contributed by atoms with van der Waals surface area (Å²) >= 11 is 0. The van der Waals surface area contributed by atoms with E-state index in [9.17, 15) is 14.0 Å². The standard InChI is InChI=1S/C25H20FN3O2/c26-19-10-11-23-21(12-19)25(31)29(16-27-23)15-24(30)28-13-18-8-4-5-9-20(18)22(14-28)17-6-2-1-3-7-17/h1-12,16,22H,13-15H2/t22-/m1/s1. The van der Waals surface area contributed by atoms with Gasteiger partial charge in [-0.2, -0.15) is 0 Å². The zero-order valence-electron chi connectivity index (χ0n) is 16.7. The molecule has 2 heterocycles. The SMILES string of the molecule is O=C(Cn1cnc2ccc(F)cc2c1=O)N1Cc2ccccc2[C@@H](c2ccccc2)C1. The lowest BCUT2D eigenvalue weighted by Gasteiger charge is -2.35. The monoisotopic (exact) mass is 413 g/mol. The van der Waals surface area contributed by atoms with E-state index in [0.29, 0.717) is 18.6 Å². The average Bonchev–Trinajstić information content (AvgIpc) is 2.81. The fourth-order valence-corrected chi connectivity index (χ4v) is 4.26. The first-order valence-electron chi connectivity index (χ1n) is 10.2. The van der Waals surface area contributed by atoms with Gasteiger partial charge in [-0.15, -0.1) is 0 Å². The Labute approximate surface area is 178 Å². The number of hydrogen-bond acceptors (Lipinski definition) is 3. The molecule has 1 aromatic heterocycles. The Kier molecular flexibility index (Phi) is 4.82. The van der Waals surface area contributed by atoms with Crippen molar-refractivity contribution in [1.29, 1.82) is 0 Å². The van der Waals surface area contributed by atoms with Crippen LogP contribution in [0.2, 0.25) is 0 Å². The molecule has 1 atom stereocenters. The van der Waals surface area contributed by atoms with E-state index in [1.807, 2.05) is 36.4 Å². The van der Waals surface area contributed by atoms with Gasteiger partial charge in [-0.3, -0.25) is 14.2 Å². The van der Waals surface area contributed by atoms with Gasteiger partial charge in [-0.1, -0.05) is 54.6 Å². The molecule has 0 N–H and O–H groups in total. The van der Waals surface area contributed by atoms with E-state index in [-0.39, 0.29) is 23.8 Å². The van der Waals surface area contributed by atoms with Gasteiger partial charge in [-0.25, -0.2) is 9.37 Å². The van der Waals surface area contributed by atoms with Gasteiger partial charge in [-0.05, 0) is 34.9 Å². The second-order valence-corrected chi connectivity index (χ2v) is 7.78. The summed E-state index contributed by atoms with van der Waals surface area (Å²) in [5, 5.41) is 0.168. The number of hydrogen-bond donors (Lipinski definition) is 0. The zero-order chi connectivity index (χ0) is 21.4. The van der Waals surface area contributed by atoms with Gasteiger partial charge in [0.05, 0.1) is 17.2 Å². The maximum atomic E-state index is 13.6. The van der Waals surface area contributed by atoms with E-state index < -0.39 is 11.4 Å². The molecule has 0 fully saturated rings. The Morgan fingerprint density at radius 2 is 1.81 bits per heavy atom. The number of rotatable bonds is 3. The highest BCUT2D eigenvalue weighted by Gasteiger charge is 2.29. The Bertz CT molecular complexity index is 1330. The fourth-order valence-electron chi connectivity index (χ4n) is 4.26. The summed E-state index contributed by atoms with van der Waals surface area (Å²) in [5.41, 5.74) is 3.45. The highest BCUT2D eigenvalue weighted by molar-refractivity contribution is 5.79. The van der Waals surface area contributed by atoms with Crippen molar-refractivity contribution in [3.05, 3.63) is 112 Å². The molecule has 0 unspecified atom stereocenters. The molecule has 5 rings (SSSR count). The predicted octanol–water partition coefficient (Wildman–Crippen LogP) is 3.71. The molecule has 5 nitrogen and oxygen atoms in total. The number of nitrogens with zero attached hydrogens (tertiary/aromatic N) is 3. The van der Waals surface area contributed by atoms with Crippen LogP contribution in [0.4, 0.5) is 4.39 Å². The molecule has 1 aliphatic heterocycles. The molecule has 0 aliphatic carbocycles. The first kappa shape index (κ1) is 19.2. The molecule has 0 saturated carbocycles. The van der Waals surface area contributed by atoms with Crippen LogP contribution >= 0.6 is 0 Å². The lowest BCUT2D eigenvalue weighted by molar-refractivity contribution is -0.133. The summed E-state index contributed by atoms with van der Waals surface area (Å²) in [4.78, 5) is 31.9. The molecular formula is C25H20FN3O2. The molecule has 0 bridgehead atoms. The summed E-state index contributed by atoms with van der Waals surface area (Å²) in [7, 11) is 0. The topological polar surface area (TPSA) is 55.2 Å². The van der Waals surface area contributed by atoms with Crippen LogP contribution in [0.25, 0.3) is 10.9 Å². The van der Waals surface area contributed by atoms with Crippen molar-refractivity contribution in [2.75, 3.05) is 6.54 Å². The van der Waals surface area contributed by atoms with Gasteiger partial charge in [0.2, 0.25) is 5.91 Å².